The van der Waals surface area contributed by atoms with E-state index in [-0.39, 0.29) is 12.1 Å². The van der Waals surface area contributed by atoms with Gasteiger partial charge in [-0.05, 0) is 13.8 Å². The lowest BCUT2D eigenvalue weighted by Gasteiger charge is -2.33. The maximum atomic E-state index is 5.56. The van der Waals surface area contributed by atoms with Crippen LogP contribution in [0.5, 0.6) is 0 Å². The molecule has 0 saturated carbocycles. The van der Waals surface area contributed by atoms with Gasteiger partial charge in [0.1, 0.15) is 0 Å². The van der Waals surface area contributed by atoms with E-state index in [2.05, 4.69) is 28.9 Å². The minimum absolute atomic E-state index is 0.117. The first kappa shape index (κ1) is 13.3. The van der Waals surface area contributed by atoms with Crippen LogP contribution >= 0.6 is 0 Å². The first-order valence-electron chi connectivity index (χ1n) is 6.98. The highest BCUT2D eigenvalue weighted by molar-refractivity contribution is 5.53. The molecule has 1 aliphatic rings. The molecule has 0 N–H and O–H groups in total. The van der Waals surface area contributed by atoms with Crippen LogP contribution in [0.2, 0.25) is 0 Å². The standard InChI is InChI=1S/C15H19N3O2/c1-11-10-18(8-9-19-11)12(2)15-16-14(17-20-15)13-6-4-3-5-7-13/h3-7,11-12H,8-10H2,1-2H3. The molecule has 0 aliphatic carbocycles. The van der Waals surface area contributed by atoms with Crippen molar-refractivity contribution >= 4 is 0 Å². The molecule has 1 aliphatic heterocycles. The highest BCUT2D eigenvalue weighted by Crippen LogP contribution is 2.23. The van der Waals surface area contributed by atoms with Crippen LogP contribution in [0.25, 0.3) is 11.4 Å². The molecular formula is C15H19N3O2. The molecule has 1 aromatic carbocycles. The molecule has 20 heavy (non-hydrogen) atoms. The van der Waals surface area contributed by atoms with Crippen LogP contribution in [0.3, 0.4) is 0 Å². The summed E-state index contributed by atoms with van der Waals surface area (Å²) in [7, 11) is 0. The average molecular weight is 273 g/mol. The summed E-state index contributed by atoms with van der Waals surface area (Å²) >= 11 is 0. The largest absolute Gasteiger partial charge is 0.376 e. The molecule has 1 fully saturated rings. The predicted octanol–water partition coefficient (Wildman–Crippen LogP) is 2.52. The van der Waals surface area contributed by atoms with Crippen LogP contribution in [-0.4, -0.2) is 40.8 Å². The number of rotatable bonds is 3. The van der Waals surface area contributed by atoms with Crippen LogP contribution in [0, 0.1) is 0 Å². The molecule has 2 unspecified atom stereocenters. The lowest BCUT2D eigenvalue weighted by Crippen LogP contribution is -2.42. The van der Waals surface area contributed by atoms with Crippen molar-refractivity contribution < 1.29 is 9.26 Å². The van der Waals surface area contributed by atoms with Crippen molar-refractivity contribution in [3.05, 3.63) is 36.2 Å². The molecule has 5 nitrogen and oxygen atoms in total. The third-order valence-corrected chi connectivity index (χ3v) is 3.65. The SMILES string of the molecule is CC1CN(C(C)c2nc(-c3ccccc3)no2)CCO1. The molecule has 2 aromatic rings. The number of morpholine rings is 1. The summed E-state index contributed by atoms with van der Waals surface area (Å²) < 4.78 is 11.0. The predicted molar refractivity (Wildman–Crippen MR) is 75.1 cm³/mol. The first-order valence-corrected chi connectivity index (χ1v) is 6.98. The smallest absolute Gasteiger partial charge is 0.244 e. The van der Waals surface area contributed by atoms with Gasteiger partial charge in [0.25, 0.3) is 0 Å². The second kappa shape index (κ2) is 5.73. The molecule has 2 atom stereocenters. The third kappa shape index (κ3) is 2.73. The van der Waals surface area contributed by atoms with E-state index in [1.54, 1.807) is 0 Å². The lowest BCUT2D eigenvalue weighted by molar-refractivity contribution is -0.0361. The molecule has 2 heterocycles. The van der Waals surface area contributed by atoms with Crippen molar-refractivity contribution in [2.24, 2.45) is 0 Å². The number of hydrogen-bond donors (Lipinski definition) is 0. The Hall–Kier alpha value is -1.72. The first-order chi connectivity index (χ1) is 9.74. The van der Waals surface area contributed by atoms with Gasteiger partial charge in [0.2, 0.25) is 11.7 Å². The van der Waals surface area contributed by atoms with Crippen LogP contribution < -0.4 is 0 Å². The Kier molecular flexibility index (Phi) is 3.80. The summed E-state index contributed by atoms with van der Waals surface area (Å²) in [4.78, 5) is 6.84. The van der Waals surface area contributed by atoms with Crippen molar-refractivity contribution in [1.82, 2.24) is 15.0 Å². The van der Waals surface area contributed by atoms with E-state index in [9.17, 15) is 0 Å². The molecule has 106 valence electrons. The van der Waals surface area contributed by atoms with Crippen molar-refractivity contribution in [2.75, 3.05) is 19.7 Å². The average Bonchev–Trinajstić information content (AvgIpc) is 2.97. The number of benzene rings is 1. The van der Waals surface area contributed by atoms with E-state index in [1.807, 2.05) is 30.3 Å². The molecule has 0 amide bonds. The fourth-order valence-electron chi connectivity index (χ4n) is 2.46. The Morgan fingerprint density at radius 3 is 2.85 bits per heavy atom. The summed E-state index contributed by atoms with van der Waals surface area (Å²) in [6.07, 6.45) is 0.253. The Morgan fingerprint density at radius 2 is 2.10 bits per heavy atom. The molecule has 3 rings (SSSR count). The van der Waals surface area contributed by atoms with Gasteiger partial charge in [-0.2, -0.15) is 4.98 Å². The molecule has 1 aromatic heterocycles. The van der Waals surface area contributed by atoms with E-state index >= 15 is 0 Å². The quantitative estimate of drug-likeness (QED) is 0.860. The van der Waals surface area contributed by atoms with Gasteiger partial charge in [-0.3, -0.25) is 4.90 Å². The zero-order valence-electron chi connectivity index (χ0n) is 11.8. The summed E-state index contributed by atoms with van der Waals surface area (Å²) in [5.41, 5.74) is 0.977. The van der Waals surface area contributed by atoms with Crippen molar-refractivity contribution in [1.29, 1.82) is 0 Å². The van der Waals surface area contributed by atoms with E-state index < -0.39 is 0 Å². The van der Waals surface area contributed by atoms with Gasteiger partial charge in [0.05, 0.1) is 18.8 Å². The minimum Gasteiger partial charge on any atom is -0.376 e. The normalized spacial score (nSPS) is 21.8. The summed E-state index contributed by atoms with van der Waals surface area (Å²) in [6, 6.07) is 10.00. The number of nitrogens with zero attached hydrogens (tertiary/aromatic N) is 3. The van der Waals surface area contributed by atoms with E-state index in [4.69, 9.17) is 9.26 Å². The van der Waals surface area contributed by atoms with Crippen LogP contribution in [0.15, 0.2) is 34.9 Å². The maximum absolute atomic E-state index is 5.56. The lowest BCUT2D eigenvalue weighted by atomic mass is 10.2. The van der Waals surface area contributed by atoms with Crippen molar-refractivity contribution in [3.63, 3.8) is 0 Å². The number of ether oxygens (including phenoxy) is 1. The Labute approximate surface area is 118 Å². The molecule has 0 radical (unpaired) electrons. The van der Waals surface area contributed by atoms with Gasteiger partial charge in [-0.1, -0.05) is 35.5 Å². The zero-order chi connectivity index (χ0) is 13.9. The molecule has 5 heteroatoms. The van der Waals surface area contributed by atoms with Gasteiger partial charge in [-0.15, -0.1) is 0 Å². The van der Waals surface area contributed by atoms with Gasteiger partial charge in [0.15, 0.2) is 0 Å². The summed E-state index contributed by atoms with van der Waals surface area (Å²) in [5.74, 6) is 1.31. The summed E-state index contributed by atoms with van der Waals surface area (Å²) in [6.45, 7) is 6.73. The van der Waals surface area contributed by atoms with E-state index in [1.165, 1.54) is 0 Å². The highest BCUT2D eigenvalue weighted by Gasteiger charge is 2.26. The third-order valence-electron chi connectivity index (χ3n) is 3.65. The van der Waals surface area contributed by atoms with E-state index in [0.717, 1.165) is 25.3 Å². The summed E-state index contributed by atoms with van der Waals surface area (Å²) in [5, 5.41) is 4.08. The maximum Gasteiger partial charge on any atom is 0.244 e. The number of hydrogen-bond acceptors (Lipinski definition) is 5. The second-order valence-electron chi connectivity index (χ2n) is 5.17. The van der Waals surface area contributed by atoms with Crippen LogP contribution in [0.4, 0.5) is 0 Å². The molecular weight excluding hydrogens is 254 g/mol. The molecule has 0 spiro atoms. The monoisotopic (exact) mass is 273 g/mol. The Balaban J connectivity index is 1.76. The Morgan fingerprint density at radius 1 is 1.30 bits per heavy atom. The van der Waals surface area contributed by atoms with Gasteiger partial charge in [-0.25, -0.2) is 0 Å². The fraction of sp³-hybridized carbons (Fsp3) is 0.467. The van der Waals surface area contributed by atoms with Crippen molar-refractivity contribution in [3.8, 4) is 11.4 Å². The fourth-order valence-corrected chi connectivity index (χ4v) is 2.46. The minimum atomic E-state index is 0.117. The number of aromatic nitrogens is 2. The van der Waals surface area contributed by atoms with Gasteiger partial charge < -0.3 is 9.26 Å². The zero-order valence-corrected chi connectivity index (χ0v) is 11.8. The van der Waals surface area contributed by atoms with Gasteiger partial charge in [0, 0.05) is 18.7 Å². The Bertz CT molecular complexity index is 555. The second-order valence-corrected chi connectivity index (χ2v) is 5.17. The van der Waals surface area contributed by atoms with E-state index in [0.29, 0.717) is 11.7 Å². The molecule has 1 saturated heterocycles. The van der Waals surface area contributed by atoms with Crippen LogP contribution in [0.1, 0.15) is 25.8 Å². The van der Waals surface area contributed by atoms with Gasteiger partial charge >= 0.3 is 0 Å². The van der Waals surface area contributed by atoms with Crippen molar-refractivity contribution in [2.45, 2.75) is 26.0 Å². The van der Waals surface area contributed by atoms with Crippen LogP contribution in [-0.2, 0) is 4.74 Å². The highest BCUT2D eigenvalue weighted by atomic mass is 16.5. The molecule has 0 bridgehead atoms. The topological polar surface area (TPSA) is 51.4 Å².